The van der Waals surface area contributed by atoms with Crippen LogP contribution in [-0.4, -0.2) is 140 Å². The van der Waals surface area contributed by atoms with Crippen LogP contribution >= 0.6 is 0 Å². The van der Waals surface area contributed by atoms with Crippen molar-refractivity contribution in [3.8, 4) is 0 Å². The summed E-state index contributed by atoms with van der Waals surface area (Å²) in [5, 5.41) is 86.8. The first-order valence-electron chi connectivity index (χ1n) is 29.1. The van der Waals surface area contributed by atoms with Crippen molar-refractivity contribution in [1.29, 1.82) is 0 Å². The van der Waals surface area contributed by atoms with Gasteiger partial charge in [-0.05, 0) is 109 Å². The molecule has 0 aromatic heterocycles. The molecule has 2 rings (SSSR count). The number of hydrogen-bond acceptors (Lipinski definition) is 13. The van der Waals surface area contributed by atoms with E-state index in [9.17, 15) is 45.6 Å². The van der Waals surface area contributed by atoms with Crippen LogP contribution in [0.4, 0.5) is 0 Å². The Morgan fingerprint density at radius 3 is 1.40 bits per heavy atom. The number of amides is 1. The van der Waals surface area contributed by atoms with E-state index in [1.54, 1.807) is 6.08 Å². The molecular weight excluding hydrogens is 991 g/mol. The van der Waals surface area contributed by atoms with Gasteiger partial charge in [0.05, 0.1) is 32.0 Å². The molecule has 0 bridgehead atoms. The average molecular weight is 1090 g/mol. The average Bonchev–Trinajstić information content (AvgIpc) is 3.47. The van der Waals surface area contributed by atoms with Gasteiger partial charge in [0.25, 0.3) is 0 Å². The van der Waals surface area contributed by atoms with Crippen LogP contribution in [0.3, 0.4) is 0 Å². The smallest absolute Gasteiger partial charge is 0.220 e. The number of nitrogens with one attached hydrogen (secondary N) is 1. The third-order valence-corrected chi connectivity index (χ3v) is 13.0. The number of unbranched alkanes of at least 4 members (excludes halogenated alkanes) is 8. The molecule has 0 aromatic rings. The topological polar surface area (TPSA) is 228 Å². The minimum atomic E-state index is -1.80. The Balaban J connectivity index is 1.71. The second-order valence-electron chi connectivity index (χ2n) is 19.7. The maximum Gasteiger partial charge on any atom is 0.220 e. The first-order valence-corrected chi connectivity index (χ1v) is 29.1. The first-order chi connectivity index (χ1) is 38.1. The third kappa shape index (κ3) is 32.8. The van der Waals surface area contributed by atoms with Crippen LogP contribution in [0.1, 0.15) is 155 Å². The summed E-state index contributed by atoms with van der Waals surface area (Å²) in [6.07, 6.45) is 54.7. The van der Waals surface area contributed by atoms with E-state index in [1.807, 2.05) is 6.08 Å². The lowest BCUT2D eigenvalue weighted by molar-refractivity contribution is -0.359. The standard InChI is InChI=1S/C64H101NO13/c1-3-5-7-9-11-13-15-16-17-18-19-20-21-22-23-24-25-26-27-28-29-30-31-32-33-34-35-36-38-40-42-44-46-48-56(69)65-52(53(68)47-45-43-41-39-37-14-12-10-8-6-4-2)51-75-63-61(74)59(72)62(55(50-67)77-63)78-64-60(73)58(71)57(70)54(49-66)76-64/h5,7-8,10-11,13,16-17,19-20,22-23,25-26,28-29,31-32,34-35,37,39,45,47,52-55,57-64,66-68,70-74H,3-4,6,9,12,14-15,18,21,24,27,30,33,36,38,40-44,46,48-51H2,1-2H3,(H,65,69)/b7-5-,10-8+,13-11-,17-16-,20-19-,23-22-,26-25-,29-28-,32-31-,35-34-,39-37+,47-45+. The summed E-state index contributed by atoms with van der Waals surface area (Å²) in [6, 6.07) is -0.958. The molecule has 2 fully saturated rings. The zero-order valence-electron chi connectivity index (χ0n) is 47.1. The van der Waals surface area contributed by atoms with Crippen molar-refractivity contribution in [2.45, 2.75) is 229 Å². The van der Waals surface area contributed by atoms with Crippen LogP contribution in [0.25, 0.3) is 0 Å². The molecule has 0 radical (unpaired) electrons. The molecule has 0 saturated carbocycles. The van der Waals surface area contributed by atoms with Crippen LogP contribution < -0.4 is 5.32 Å². The van der Waals surface area contributed by atoms with Gasteiger partial charge in [-0.1, -0.05) is 185 Å². The summed E-state index contributed by atoms with van der Waals surface area (Å²) in [7, 11) is 0. The van der Waals surface area contributed by atoms with E-state index in [2.05, 4.69) is 153 Å². The molecule has 2 heterocycles. The quantitative estimate of drug-likeness (QED) is 0.0205. The second-order valence-corrected chi connectivity index (χ2v) is 19.7. The van der Waals surface area contributed by atoms with Gasteiger partial charge in [-0.15, -0.1) is 0 Å². The van der Waals surface area contributed by atoms with Gasteiger partial charge in [0.15, 0.2) is 12.6 Å². The highest BCUT2D eigenvalue weighted by molar-refractivity contribution is 5.76. The van der Waals surface area contributed by atoms with Crippen molar-refractivity contribution in [2.75, 3.05) is 19.8 Å². The fourth-order valence-electron chi connectivity index (χ4n) is 8.32. The normalized spacial score (nSPS) is 25.7. The van der Waals surface area contributed by atoms with Crippen molar-refractivity contribution in [1.82, 2.24) is 5.32 Å². The number of carbonyl (C=O) groups is 1. The Labute approximate surface area is 468 Å². The molecule has 2 aliphatic rings. The summed E-state index contributed by atoms with van der Waals surface area (Å²) < 4.78 is 22.7. The predicted octanol–water partition coefficient (Wildman–Crippen LogP) is 9.77. The zero-order chi connectivity index (χ0) is 56.7. The molecule has 0 aromatic carbocycles. The Kier molecular flexibility index (Phi) is 42.8. The van der Waals surface area contributed by atoms with Gasteiger partial charge in [0.2, 0.25) is 5.91 Å². The molecule has 0 spiro atoms. The summed E-state index contributed by atoms with van der Waals surface area (Å²) >= 11 is 0. The lowest BCUT2D eigenvalue weighted by Gasteiger charge is -2.46. The molecule has 440 valence electrons. The molecule has 14 nitrogen and oxygen atoms in total. The van der Waals surface area contributed by atoms with Gasteiger partial charge in [-0.25, -0.2) is 0 Å². The molecule has 9 N–H and O–H groups in total. The molecular formula is C64H101NO13. The van der Waals surface area contributed by atoms with E-state index in [0.29, 0.717) is 12.8 Å². The molecule has 78 heavy (non-hydrogen) atoms. The lowest BCUT2D eigenvalue weighted by atomic mass is 9.97. The highest BCUT2D eigenvalue weighted by Gasteiger charge is 2.51. The van der Waals surface area contributed by atoms with Crippen molar-refractivity contribution >= 4 is 5.91 Å². The number of carbonyl (C=O) groups excluding carboxylic acids is 1. The Bertz CT molecular complexity index is 1860. The fourth-order valence-corrected chi connectivity index (χ4v) is 8.32. The van der Waals surface area contributed by atoms with Gasteiger partial charge in [0, 0.05) is 6.42 Å². The van der Waals surface area contributed by atoms with Gasteiger partial charge in [-0.2, -0.15) is 0 Å². The molecule has 1 amide bonds. The van der Waals surface area contributed by atoms with Crippen molar-refractivity contribution < 1.29 is 64.6 Å². The van der Waals surface area contributed by atoms with Crippen LogP contribution in [0.5, 0.6) is 0 Å². The lowest BCUT2D eigenvalue weighted by Crippen LogP contribution is -2.65. The molecule has 12 atom stereocenters. The number of aliphatic hydroxyl groups excluding tert-OH is 8. The molecule has 0 aliphatic carbocycles. The fraction of sp³-hybridized carbons (Fsp3) is 0.609. The zero-order valence-corrected chi connectivity index (χ0v) is 47.1. The van der Waals surface area contributed by atoms with E-state index >= 15 is 0 Å². The Morgan fingerprint density at radius 2 is 0.897 bits per heavy atom. The maximum absolute atomic E-state index is 13.2. The minimum Gasteiger partial charge on any atom is -0.394 e. The van der Waals surface area contributed by atoms with Crippen molar-refractivity contribution in [2.24, 2.45) is 0 Å². The SMILES string of the molecule is CC/C=C\C/C=C\C/C=C\C/C=C\C/C=C\C/C=C\C/C=C\C/C=C\C/C=C\CCCCCCCC(=O)NC(COC1OC(CO)C(OC2OC(CO)C(O)C(O)C2O)C(O)C1O)C(O)/C=C/CC/C=C/CC/C=C/CCC. The van der Waals surface area contributed by atoms with Crippen LogP contribution in [0.2, 0.25) is 0 Å². The van der Waals surface area contributed by atoms with E-state index in [1.165, 1.54) is 0 Å². The van der Waals surface area contributed by atoms with Gasteiger partial charge < -0.3 is 65.1 Å². The monoisotopic (exact) mass is 1090 g/mol. The largest absolute Gasteiger partial charge is 0.394 e. The first kappa shape index (κ1) is 70.0. The molecule has 2 aliphatic heterocycles. The highest BCUT2D eigenvalue weighted by Crippen LogP contribution is 2.30. The van der Waals surface area contributed by atoms with Crippen LogP contribution in [0, 0.1) is 0 Å². The molecule has 2 saturated heterocycles. The molecule has 12 unspecified atom stereocenters. The summed E-state index contributed by atoms with van der Waals surface area (Å²) in [4.78, 5) is 13.2. The van der Waals surface area contributed by atoms with Gasteiger partial charge >= 0.3 is 0 Å². The number of hydrogen-bond donors (Lipinski definition) is 9. The van der Waals surface area contributed by atoms with Crippen molar-refractivity contribution in [3.63, 3.8) is 0 Å². The third-order valence-electron chi connectivity index (χ3n) is 13.0. The van der Waals surface area contributed by atoms with Crippen molar-refractivity contribution in [3.05, 3.63) is 146 Å². The van der Waals surface area contributed by atoms with Crippen LogP contribution in [-0.2, 0) is 23.7 Å². The molecule has 14 heteroatoms. The number of allylic oxidation sites excluding steroid dienone is 23. The Hall–Kier alpha value is -4.13. The maximum atomic E-state index is 13.2. The van der Waals surface area contributed by atoms with E-state index in [4.69, 9.17) is 18.9 Å². The van der Waals surface area contributed by atoms with E-state index in [-0.39, 0.29) is 18.9 Å². The second kappa shape index (κ2) is 47.7. The predicted molar refractivity (Wildman–Crippen MR) is 313 cm³/mol. The van der Waals surface area contributed by atoms with Gasteiger partial charge in [0.1, 0.15) is 48.8 Å². The van der Waals surface area contributed by atoms with Crippen LogP contribution in [0.15, 0.2) is 146 Å². The van der Waals surface area contributed by atoms with E-state index < -0.39 is 86.8 Å². The number of ether oxygens (including phenoxy) is 4. The number of aliphatic hydroxyl groups is 8. The highest BCUT2D eigenvalue weighted by atomic mass is 16.7. The minimum absolute atomic E-state index is 0.236. The summed E-state index contributed by atoms with van der Waals surface area (Å²) in [5.74, 6) is -0.283. The number of rotatable bonds is 43. The summed E-state index contributed by atoms with van der Waals surface area (Å²) in [5.41, 5.74) is 0. The Morgan fingerprint density at radius 1 is 0.474 bits per heavy atom. The van der Waals surface area contributed by atoms with E-state index in [0.717, 1.165) is 122 Å². The van der Waals surface area contributed by atoms with Gasteiger partial charge in [-0.3, -0.25) is 4.79 Å². The summed E-state index contributed by atoms with van der Waals surface area (Å²) in [6.45, 7) is 2.52.